The molecule has 0 aromatic heterocycles. The minimum absolute atomic E-state index is 0.233. The van der Waals surface area contributed by atoms with Crippen molar-refractivity contribution >= 4 is 23.2 Å². The van der Waals surface area contributed by atoms with Crippen molar-refractivity contribution in [3.8, 4) is 0 Å². The molecule has 3 N–H and O–H groups in total. The quantitative estimate of drug-likeness (QED) is 0.848. The molecule has 0 aliphatic rings. The minimum atomic E-state index is -0.336. The Hall–Kier alpha value is -2.07. The number of amides is 1. The molecule has 0 saturated heterocycles. The van der Waals surface area contributed by atoms with Crippen molar-refractivity contribution in [3.05, 3.63) is 64.4 Å². The second-order valence-electron chi connectivity index (χ2n) is 4.05. The number of carbonyl (C=O) groups is 1. The Bertz CT molecular complexity index is 616. The third kappa shape index (κ3) is 3.45. The van der Waals surface area contributed by atoms with Crippen LogP contribution in [0.2, 0.25) is 5.02 Å². The fourth-order valence-electron chi connectivity index (χ4n) is 1.64. The third-order valence-electron chi connectivity index (χ3n) is 2.58. The number of nitrogens with two attached hydrogens (primary N) is 1. The summed E-state index contributed by atoms with van der Waals surface area (Å²) in [4.78, 5) is 11.9. The van der Waals surface area contributed by atoms with Crippen LogP contribution < -0.4 is 11.1 Å². The van der Waals surface area contributed by atoms with Crippen molar-refractivity contribution in [1.82, 2.24) is 5.32 Å². The Morgan fingerprint density at radius 1 is 1.26 bits per heavy atom. The van der Waals surface area contributed by atoms with Crippen molar-refractivity contribution in [3.63, 3.8) is 0 Å². The van der Waals surface area contributed by atoms with Crippen LogP contribution in [0, 0.1) is 5.82 Å². The molecule has 0 heterocycles. The van der Waals surface area contributed by atoms with E-state index in [9.17, 15) is 9.18 Å². The topological polar surface area (TPSA) is 55.1 Å². The normalized spacial score (nSPS) is 10.2. The predicted octanol–water partition coefficient (Wildman–Crippen LogP) is 2.99. The fourth-order valence-corrected chi connectivity index (χ4v) is 1.91. The minimum Gasteiger partial charge on any atom is -0.399 e. The summed E-state index contributed by atoms with van der Waals surface area (Å²) >= 11 is 5.93. The van der Waals surface area contributed by atoms with E-state index in [-0.39, 0.29) is 23.3 Å². The third-order valence-corrected chi connectivity index (χ3v) is 2.89. The largest absolute Gasteiger partial charge is 0.399 e. The zero-order valence-corrected chi connectivity index (χ0v) is 10.7. The lowest BCUT2D eigenvalue weighted by Gasteiger charge is -2.07. The van der Waals surface area contributed by atoms with Crippen LogP contribution in [-0.2, 0) is 6.54 Å². The SMILES string of the molecule is Nc1ccc(C(=O)NCc2cccc(F)c2)c(Cl)c1. The summed E-state index contributed by atoms with van der Waals surface area (Å²) in [7, 11) is 0. The molecule has 0 bridgehead atoms. The van der Waals surface area contributed by atoms with E-state index in [0.717, 1.165) is 0 Å². The van der Waals surface area contributed by atoms with Crippen molar-refractivity contribution in [2.75, 3.05) is 5.73 Å². The number of benzene rings is 2. The van der Waals surface area contributed by atoms with Crippen LogP contribution in [0.15, 0.2) is 42.5 Å². The number of nitrogens with one attached hydrogen (secondary N) is 1. The molecule has 1 amide bonds. The van der Waals surface area contributed by atoms with Gasteiger partial charge in [0.1, 0.15) is 5.82 Å². The number of hydrogen-bond acceptors (Lipinski definition) is 2. The molecular formula is C14H12ClFN2O. The molecule has 2 aromatic carbocycles. The van der Waals surface area contributed by atoms with Crippen LogP contribution in [0.1, 0.15) is 15.9 Å². The van der Waals surface area contributed by atoms with E-state index >= 15 is 0 Å². The van der Waals surface area contributed by atoms with E-state index in [2.05, 4.69) is 5.32 Å². The Kier molecular flexibility index (Phi) is 4.02. The molecule has 2 aromatic rings. The lowest BCUT2D eigenvalue weighted by Crippen LogP contribution is -2.23. The molecule has 0 atom stereocenters. The van der Waals surface area contributed by atoms with Crippen LogP contribution in [0.25, 0.3) is 0 Å². The monoisotopic (exact) mass is 278 g/mol. The highest BCUT2D eigenvalue weighted by atomic mass is 35.5. The van der Waals surface area contributed by atoms with Crippen LogP contribution in [0.5, 0.6) is 0 Å². The number of nitrogen functional groups attached to an aromatic ring is 1. The Morgan fingerprint density at radius 3 is 2.74 bits per heavy atom. The molecule has 0 unspecified atom stereocenters. The second kappa shape index (κ2) is 5.71. The number of halogens is 2. The average molecular weight is 279 g/mol. The first-order valence-corrected chi connectivity index (χ1v) is 6.02. The molecule has 0 aliphatic carbocycles. The summed E-state index contributed by atoms with van der Waals surface area (Å²) < 4.78 is 13.0. The Morgan fingerprint density at radius 2 is 2.05 bits per heavy atom. The first-order valence-electron chi connectivity index (χ1n) is 5.64. The van der Waals surface area contributed by atoms with Gasteiger partial charge in [0.25, 0.3) is 5.91 Å². The summed E-state index contributed by atoms with van der Waals surface area (Å²) in [6.45, 7) is 0.233. The van der Waals surface area contributed by atoms with Crippen molar-refractivity contribution in [2.24, 2.45) is 0 Å². The first-order chi connectivity index (χ1) is 9.06. The van der Waals surface area contributed by atoms with Gasteiger partial charge >= 0.3 is 0 Å². The van der Waals surface area contributed by atoms with Crippen molar-refractivity contribution in [1.29, 1.82) is 0 Å². The summed E-state index contributed by atoms with van der Waals surface area (Å²) in [5.74, 6) is -0.661. The van der Waals surface area contributed by atoms with Crippen LogP contribution in [0.3, 0.4) is 0 Å². The molecule has 0 aliphatic heterocycles. The molecule has 19 heavy (non-hydrogen) atoms. The number of hydrogen-bond donors (Lipinski definition) is 2. The van der Waals surface area contributed by atoms with Gasteiger partial charge in [0.2, 0.25) is 0 Å². The molecule has 0 radical (unpaired) electrons. The highest BCUT2D eigenvalue weighted by Crippen LogP contribution is 2.19. The summed E-state index contributed by atoms with van der Waals surface area (Å²) in [6.07, 6.45) is 0. The van der Waals surface area contributed by atoms with Crippen molar-refractivity contribution < 1.29 is 9.18 Å². The molecule has 2 rings (SSSR count). The van der Waals surface area contributed by atoms with E-state index in [4.69, 9.17) is 17.3 Å². The van der Waals surface area contributed by atoms with Crippen LogP contribution in [-0.4, -0.2) is 5.91 Å². The highest BCUT2D eigenvalue weighted by Gasteiger charge is 2.10. The van der Waals surface area contributed by atoms with Gasteiger partial charge in [0.05, 0.1) is 10.6 Å². The van der Waals surface area contributed by atoms with Gasteiger partial charge in [0, 0.05) is 12.2 Å². The van der Waals surface area contributed by atoms with Crippen LogP contribution >= 0.6 is 11.6 Å². The van der Waals surface area contributed by atoms with Crippen LogP contribution in [0.4, 0.5) is 10.1 Å². The molecule has 0 fully saturated rings. The van der Waals surface area contributed by atoms with Gasteiger partial charge in [-0.1, -0.05) is 23.7 Å². The van der Waals surface area contributed by atoms with Gasteiger partial charge in [-0.25, -0.2) is 4.39 Å². The fraction of sp³-hybridized carbons (Fsp3) is 0.0714. The smallest absolute Gasteiger partial charge is 0.253 e. The first kappa shape index (κ1) is 13.4. The van der Waals surface area contributed by atoms with E-state index in [1.165, 1.54) is 18.2 Å². The molecule has 0 spiro atoms. The maximum atomic E-state index is 13.0. The summed E-state index contributed by atoms with van der Waals surface area (Å²) in [6, 6.07) is 10.7. The van der Waals surface area contributed by atoms with Gasteiger partial charge < -0.3 is 11.1 Å². The zero-order chi connectivity index (χ0) is 13.8. The molecular weight excluding hydrogens is 267 g/mol. The van der Waals surface area contributed by atoms with Crippen molar-refractivity contribution in [2.45, 2.75) is 6.54 Å². The van der Waals surface area contributed by atoms with Gasteiger partial charge in [-0.15, -0.1) is 0 Å². The van der Waals surface area contributed by atoms with E-state index < -0.39 is 0 Å². The number of carbonyl (C=O) groups excluding carboxylic acids is 1. The molecule has 98 valence electrons. The van der Waals surface area contributed by atoms with Gasteiger partial charge in [0.15, 0.2) is 0 Å². The van der Waals surface area contributed by atoms with E-state index in [1.54, 1.807) is 24.3 Å². The van der Waals surface area contributed by atoms with E-state index in [0.29, 0.717) is 16.8 Å². The molecule has 3 nitrogen and oxygen atoms in total. The van der Waals surface area contributed by atoms with Gasteiger partial charge in [-0.05, 0) is 35.9 Å². The zero-order valence-electron chi connectivity index (χ0n) is 9.99. The average Bonchev–Trinajstić information content (AvgIpc) is 2.36. The Balaban J connectivity index is 2.05. The van der Waals surface area contributed by atoms with Gasteiger partial charge in [-0.3, -0.25) is 4.79 Å². The predicted molar refractivity (Wildman–Crippen MR) is 73.4 cm³/mol. The second-order valence-corrected chi connectivity index (χ2v) is 4.46. The summed E-state index contributed by atoms with van der Waals surface area (Å²) in [5, 5.41) is 2.96. The van der Waals surface area contributed by atoms with E-state index in [1.807, 2.05) is 0 Å². The highest BCUT2D eigenvalue weighted by molar-refractivity contribution is 6.34. The lowest BCUT2D eigenvalue weighted by molar-refractivity contribution is 0.0951. The maximum absolute atomic E-state index is 13.0. The standard InChI is InChI=1S/C14H12ClFN2O/c15-13-7-11(17)4-5-12(13)14(19)18-8-9-2-1-3-10(16)6-9/h1-7H,8,17H2,(H,18,19). The summed E-state index contributed by atoms with van der Waals surface area (Å²) in [5.41, 5.74) is 7.06. The lowest BCUT2D eigenvalue weighted by atomic mass is 10.1. The maximum Gasteiger partial charge on any atom is 0.253 e. The Labute approximate surface area is 115 Å². The number of anilines is 1. The number of rotatable bonds is 3. The molecule has 5 heteroatoms. The van der Waals surface area contributed by atoms with Gasteiger partial charge in [-0.2, -0.15) is 0 Å². The molecule has 0 saturated carbocycles.